The van der Waals surface area contributed by atoms with Gasteiger partial charge >= 0.3 is 0 Å². The van der Waals surface area contributed by atoms with Crippen LogP contribution in [0.25, 0.3) is 0 Å². The van der Waals surface area contributed by atoms with Crippen LogP contribution in [0.4, 0.5) is 0 Å². The van der Waals surface area contributed by atoms with Gasteiger partial charge in [-0.1, -0.05) is 37.6 Å². The highest BCUT2D eigenvalue weighted by Crippen LogP contribution is 2.10. The third-order valence-corrected chi connectivity index (χ3v) is 2.61. The van der Waals surface area contributed by atoms with E-state index in [0.717, 1.165) is 5.56 Å². The molecule has 16 heavy (non-hydrogen) atoms. The zero-order chi connectivity index (χ0) is 12.1. The molecule has 0 heterocycles. The molecule has 3 N–H and O–H groups in total. The molecular weight excluding hydrogens is 224 g/mol. The number of halogens is 1. The summed E-state index contributed by atoms with van der Waals surface area (Å²) in [7, 11) is 0. The first-order chi connectivity index (χ1) is 7.50. The predicted molar refractivity (Wildman–Crippen MR) is 66.1 cm³/mol. The first kappa shape index (κ1) is 13.0. The molecule has 1 rings (SSSR count). The summed E-state index contributed by atoms with van der Waals surface area (Å²) in [6, 6.07) is 6.92. The van der Waals surface area contributed by atoms with Gasteiger partial charge in [-0.05, 0) is 23.6 Å². The maximum Gasteiger partial charge on any atom is 0.237 e. The minimum atomic E-state index is -0.459. The molecule has 1 amide bonds. The lowest BCUT2D eigenvalue weighted by Crippen LogP contribution is -2.43. The molecule has 1 atom stereocenters. The van der Waals surface area contributed by atoms with Crippen LogP contribution in [0.5, 0.6) is 0 Å². The summed E-state index contributed by atoms with van der Waals surface area (Å²) in [6.45, 7) is 4.30. The van der Waals surface area contributed by atoms with Crippen LogP contribution in [0.3, 0.4) is 0 Å². The molecule has 0 saturated carbocycles. The monoisotopic (exact) mass is 240 g/mol. The maximum atomic E-state index is 11.6. The zero-order valence-electron chi connectivity index (χ0n) is 9.53. The number of nitrogens with two attached hydrogens (primary N) is 1. The molecule has 0 saturated heterocycles. The Morgan fingerprint density at radius 2 is 2.19 bits per heavy atom. The SMILES string of the molecule is CC(C)C(N)C(=O)NCc1cccc(Cl)c1. The smallest absolute Gasteiger partial charge is 0.237 e. The number of benzene rings is 1. The van der Waals surface area contributed by atoms with E-state index in [1.807, 2.05) is 32.0 Å². The molecule has 0 spiro atoms. The van der Waals surface area contributed by atoms with Crippen molar-refractivity contribution < 1.29 is 4.79 Å². The average Bonchev–Trinajstić information content (AvgIpc) is 2.24. The Morgan fingerprint density at radius 3 is 2.75 bits per heavy atom. The molecule has 0 aromatic heterocycles. The van der Waals surface area contributed by atoms with Gasteiger partial charge in [0.05, 0.1) is 6.04 Å². The highest BCUT2D eigenvalue weighted by molar-refractivity contribution is 6.30. The second kappa shape index (κ2) is 5.87. The van der Waals surface area contributed by atoms with Crippen molar-refractivity contribution in [1.29, 1.82) is 0 Å². The third kappa shape index (κ3) is 3.83. The Kier molecular flexibility index (Phi) is 4.77. The summed E-state index contributed by atoms with van der Waals surface area (Å²) in [5.74, 6) is 0.00865. The molecule has 0 radical (unpaired) electrons. The van der Waals surface area contributed by atoms with Gasteiger partial charge < -0.3 is 11.1 Å². The summed E-state index contributed by atoms with van der Waals surface area (Å²) in [6.07, 6.45) is 0. The van der Waals surface area contributed by atoms with Crippen LogP contribution >= 0.6 is 11.6 Å². The predicted octanol–water partition coefficient (Wildman–Crippen LogP) is 1.94. The lowest BCUT2D eigenvalue weighted by molar-refractivity contribution is -0.123. The van der Waals surface area contributed by atoms with E-state index in [4.69, 9.17) is 17.3 Å². The van der Waals surface area contributed by atoms with Crippen LogP contribution in [0.2, 0.25) is 5.02 Å². The minimum absolute atomic E-state index is 0.130. The average molecular weight is 241 g/mol. The van der Waals surface area contributed by atoms with Crippen LogP contribution in [0, 0.1) is 5.92 Å². The summed E-state index contributed by atoms with van der Waals surface area (Å²) in [5.41, 5.74) is 6.69. The fourth-order valence-electron chi connectivity index (χ4n) is 1.26. The van der Waals surface area contributed by atoms with E-state index in [-0.39, 0.29) is 11.8 Å². The number of rotatable bonds is 4. The molecule has 88 valence electrons. The van der Waals surface area contributed by atoms with E-state index in [0.29, 0.717) is 11.6 Å². The molecular formula is C12H17ClN2O. The van der Waals surface area contributed by atoms with E-state index in [2.05, 4.69) is 5.32 Å². The quantitative estimate of drug-likeness (QED) is 0.845. The highest BCUT2D eigenvalue weighted by atomic mass is 35.5. The Hall–Kier alpha value is -1.06. The number of carbonyl (C=O) groups is 1. The molecule has 0 aliphatic rings. The molecule has 1 aromatic carbocycles. The first-order valence-electron chi connectivity index (χ1n) is 5.28. The van der Waals surface area contributed by atoms with Crippen molar-refractivity contribution in [1.82, 2.24) is 5.32 Å². The molecule has 0 fully saturated rings. The summed E-state index contributed by atoms with van der Waals surface area (Å²) in [4.78, 5) is 11.6. The fraction of sp³-hybridized carbons (Fsp3) is 0.417. The van der Waals surface area contributed by atoms with Crippen LogP contribution in [0.1, 0.15) is 19.4 Å². The van der Waals surface area contributed by atoms with Crippen molar-refractivity contribution >= 4 is 17.5 Å². The fourth-order valence-corrected chi connectivity index (χ4v) is 1.47. The normalized spacial score (nSPS) is 12.6. The van der Waals surface area contributed by atoms with Gasteiger partial charge in [-0.25, -0.2) is 0 Å². The molecule has 4 heteroatoms. The maximum absolute atomic E-state index is 11.6. The number of nitrogens with one attached hydrogen (secondary N) is 1. The highest BCUT2D eigenvalue weighted by Gasteiger charge is 2.16. The third-order valence-electron chi connectivity index (χ3n) is 2.38. The molecule has 0 aliphatic heterocycles. The Labute approximate surface area is 101 Å². The van der Waals surface area contributed by atoms with Crippen LogP contribution in [0.15, 0.2) is 24.3 Å². The van der Waals surface area contributed by atoms with E-state index in [1.54, 1.807) is 6.07 Å². The van der Waals surface area contributed by atoms with Crippen LogP contribution in [-0.4, -0.2) is 11.9 Å². The topological polar surface area (TPSA) is 55.1 Å². The van der Waals surface area contributed by atoms with Gasteiger partial charge in [0.25, 0.3) is 0 Å². The lowest BCUT2D eigenvalue weighted by atomic mass is 10.0. The molecule has 3 nitrogen and oxygen atoms in total. The summed E-state index contributed by atoms with van der Waals surface area (Å²) in [5, 5.41) is 3.45. The van der Waals surface area contributed by atoms with Crippen molar-refractivity contribution in [3.63, 3.8) is 0 Å². The van der Waals surface area contributed by atoms with Gasteiger partial charge in [-0.15, -0.1) is 0 Å². The van der Waals surface area contributed by atoms with Crippen LogP contribution < -0.4 is 11.1 Å². The number of amides is 1. The van der Waals surface area contributed by atoms with Crippen molar-refractivity contribution in [3.05, 3.63) is 34.9 Å². The minimum Gasteiger partial charge on any atom is -0.351 e. The van der Waals surface area contributed by atoms with Gasteiger partial charge in [0.2, 0.25) is 5.91 Å². The van der Waals surface area contributed by atoms with E-state index in [1.165, 1.54) is 0 Å². The van der Waals surface area contributed by atoms with Crippen LogP contribution in [-0.2, 0) is 11.3 Å². The van der Waals surface area contributed by atoms with Crippen molar-refractivity contribution in [2.24, 2.45) is 11.7 Å². The molecule has 0 bridgehead atoms. The van der Waals surface area contributed by atoms with E-state index in [9.17, 15) is 4.79 Å². The second-order valence-electron chi connectivity index (χ2n) is 4.12. The van der Waals surface area contributed by atoms with E-state index < -0.39 is 6.04 Å². The van der Waals surface area contributed by atoms with Crippen molar-refractivity contribution in [2.75, 3.05) is 0 Å². The Balaban J connectivity index is 2.49. The molecule has 0 aliphatic carbocycles. The van der Waals surface area contributed by atoms with Gasteiger partial charge in [0.15, 0.2) is 0 Å². The largest absolute Gasteiger partial charge is 0.351 e. The molecule has 1 aromatic rings. The number of carbonyl (C=O) groups excluding carboxylic acids is 1. The number of hydrogen-bond donors (Lipinski definition) is 2. The Morgan fingerprint density at radius 1 is 1.50 bits per heavy atom. The number of hydrogen-bond acceptors (Lipinski definition) is 2. The van der Waals surface area contributed by atoms with Gasteiger partial charge in [0.1, 0.15) is 0 Å². The lowest BCUT2D eigenvalue weighted by Gasteiger charge is -2.15. The first-order valence-corrected chi connectivity index (χ1v) is 5.66. The van der Waals surface area contributed by atoms with Crippen molar-refractivity contribution in [3.8, 4) is 0 Å². The molecule has 1 unspecified atom stereocenters. The summed E-state index contributed by atoms with van der Waals surface area (Å²) >= 11 is 5.84. The Bertz CT molecular complexity index is 366. The van der Waals surface area contributed by atoms with Crippen molar-refractivity contribution in [2.45, 2.75) is 26.4 Å². The van der Waals surface area contributed by atoms with E-state index >= 15 is 0 Å². The summed E-state index contributed by atoms with van der Waals surface area (Å²) < 4.78 is 0. The second-order valence-corrected chi connectivity index (χ2v) is 4.55. The van der Waals surface area contributed by atoms with Gasteiger partial charge in [0, 0.05) is 11.6 Å². The zero-order valence-corrected chi connectivity index (χ0v) is 10.3. The van der Waals surface area contributed by atoms with Gasteiger partial charge in [-0.2, -0.15) is 0 Å². The standard InChI is InChI=1S/C12H17ClN2O/c1-8(2)11(14)12(16)15-7-9-4-3-5-10(13)6-9/h3-6,8,11H,7,14H2,1-2H3,(H,15,16). The van der Waals surface area contributed by atoms with Gasteiger partial charge in [-0.3, -0.25) is 4.79 Å².